The molecule has 0 aliphatic heterocycles. The van der Waals surface area contributed by atoms with Crippen LogP contribution in [0.1, 0.15) is 17.5 Å². The van der Waals surface area contributed by atoms with E-state index in [9.17, 15) is 4.39 Å². The predicted molar refractivity (Wildman–Crippen MR) is 53.1 cm³/mol. The van der Waals surface area contributed by atoms with Crippen LogP contribution >= 0.6 is 0 Å². The Hall–Kier alpha value is -1.09. The number of aliphatic hydroxyl groups is 1. The number of halogens is 1. The van der Waals surface area contributed by atoms with Crippen LogP contribution in [0.2, 0.25) is 0 Å². The highest BCUT2D eigenvalue weighted by Gasteiger charge is 2.11. The topological polar surface area (TPSA) is 29.5 Å². The third-order valence-electron chi connectivity index (χ3n) is 2.24. The molecule has 0 aliphatic rings. The van der Waals surface area contributed by atoms with E-state index >= 15 is 0 Å². The maximum atomic E-state index is 13.3. The second-order valence-corrected chi connectivity index (χ2v) is 3.20. The standard InChI is InChI=1S/C11H15FO2/c1-8-5-6-10(12)11(14-2)9(8)4-3-7-13/h5-6,13H,3-4,7H2,1-2H3. The molecule has 1 rings (SSSR count). The van der Waals surface area contributed by atoms with Crippen molar-refractivity contribution in [1.29, 1.82) is 0 Å². The van der Waals surface area contributed by atoms with Crippen LogP contribution in [0.5, 0.6) is 5.75 Å². The van der Waals surface area contributed by atoms with Gasteiger partial charge in [-0.1, -0.05) is 6.07 Å². The minimum atomic E-state index is -0.342. The summed E-state index contributed by atoms with van der Waals surface area (Å²) < 4.78 is 18.3. The molecule has 0 saturated carbocycles. The van der Waals surface area contributed by atoms with Gasteiger partial charge in [-0.2, -0.15) is 0 Å². The third kappa shape index (κ3) is 2.23. The molecule has 1 aromatic rings. The number of aryl methyl sites for hydroxylation is 1. The maximum Gasteiger partial charge on any atom is 0.165 e. The Kier molecular flexibility index (Phi) is 3.89. The highest BCUT2D eigenvalue weighted by atomic mass is 19.1. The van der Waals surface area contributed by atoms with E-state index in [1.807, 2.05) is 6.92 Å². The van der Waals surface area contributed by atoms with Gasteiger partial charge in [-0.15, -0.1) is 0 Å². The van der Waals surface area contributed by atoms with Crippen molar-refractivity contribution in [2.75, 3.05) is 13.7 Å². The third-order valence-corrected chi connectivity index (χ3v) is 2.24. The Morgan fingerprint density at radius 3 is 2.71 bits per heavy atom. The Labute approximate surface area is 83.3 Å². The number of aliphatic hydroxyl groups excluding tert-OH is 1. The summed E-state index contributed by atoms with van der Waals surface area (Å²) in [6, 6.07) is 3.13. The van der Waals surface area contributed by atoms with E-state index in [0.717, 1.165) is 11.1 Å². The molecule has 0 unspecified atom stereocenters. The zero-order valence-electron chi connectivity index (χ0n) is 8.51. The molecule has 0 radical (unpaired) electrons. The first-order valence-corrected chi connectivity index (χ1v) is 4.63. The fourth-order valence-corrected chi connectivity index (χ4v) is 1.48. The molecule has 1 aromatic carbocycles. The summed E-state index contributed by atoms with van der Waals surface area (Å²) in [6.07, 6.45) is 1.27. The largest absolute Gasteiger partial charge is 0.493 e. The molecule has 0 fully saturated rings. The predicted octanol–water partition coefficient (Wildman–Crippen LogP) is 2.07. The van der Waals surface area contributed by atoms with Gasteiger partial charge in [0.25, 0.3) is 0 Å². The fourth-order valence-electron chi connectivity index (χ4n) is 1.48. The first kappa shape index (κ1) is 11.0. The van der Waals surface area contributed by atoms with Crippen LogP contribution in [0.4, 0.5) is 4.39 Å². The number of benzene rings is 1. The van der Waals surface area contributed by atoms with E-state index in [0.29, 0.717) is 18.6 Å². The van der Waals surface area contributed by atoms with E-state index in [-0.39, 0.29) is 12.4 Å². The molecular weight excluding hydrogens is 183 g/mol. The zero-order chi connectivity index (χ0) is 10.6. The molecule has 0 aliphatic carbocycles. The first-order chi connectivity index (χ1) is 6.70. The van der Waals surface area contributed by atoms with Crippen LogP contribution in [-0.4, -0.2) is 18.8 Å². The SMILES string of the molecule is COc1c(F)ccc(C)c1CCCO. The second kappa shape index (κ2) is 4.96. The lowest BCUT2D eigenvalue weighted by atomic mass is 10.0. The van der Waals surface area contributed by atoms with E-state index in [4.69, 9.17) is 9.84 Å². The highest BCUT2D eigenvalue weighted by Crippen LogP contribution is 2.26. The summed E-state index contributed by atoms with van der Waals surface area (Å²) in [7, 11) is 1.46. The molecule has 3 heteroatoms. The molecule has 0 atom stereocenters. The van der Waals surface area contributed by atoms with Crippen molar-refractivity contribution in [3.05, 3.63) is 29.1 Å². The summed E-state index contributed by atoms with van der Waals surface area (Å²) in [5.41, 5.74) is 1.85. The van der Waals surface area contributed by atoms with Crippen molar-refractivity contribution in [3.63, 3.8) is 0 Å². The summed E-state index contributed by atoms with van der Waals surface area (Å²) in [6.45, 7) is 2.02. The van der Waals surface area contributed by atoms with E-state index in [2.05, 4.69) is 0 Å². The number of rotatable bonds is 4. The lowest BCUT2D eigenvalue weighted by molar-refractivity contribution is 0.287. The summed E-state index contributed by atoms with van der Waals surface area (Å²) in [5, 5.41) is 8.72. The number of methoxy groups -OCH3 is 1. The molecule has 1 N–H and O–H groups in total. The van der Waals surface area contributed by atoms with Crippen molar-refractivity contribution in [2.24, 2.45) is 0 Å². The molecule has 0 bridgehead atoms. The maximum absolute atomic E-state index is 13.3. The number of ether oxygens (including phenoxy) is 1. The number of hydrogen-bond acceptors (Lipinski definition) is 2. The second-order valence-electron chi connectivity index (χ2n) is 3.20. The minimum absolute atomic E-state index is 0.110. The molecule has 0 saturated heterocycles. The van der Waals surface area contributed by atoms with Crippen LogP contribution in [-0.2, 0) is 6.42 Å². The average Bonchev–Trinajstić information content (AvgIpc) is 2.19. The van der Waals surface area contributed by atoms with Gasteiger partial charge in [0.1, 0.15) is 0 Å². The van der Waals surface area contributed by atoms with E-state index in [1.54, 1.807) is 6.07 Å². The molecule has 0 heterocycles. The first-order valence-electron chi connectivity index (χ1n) is 4.63. The molecule has 0 amide bonds. The van der Waals surface area contributed by atoms with Crippen molar-refractivity contribution in [1.82, 2.24) is 0 Å². The van der Waals surface area contributed by atoms with Gasteiger partial charge in [-0.05, 0) is 31.4 Å². The molecule has 0 aromatic heterocycles. The zero-order valence-corrected chi connectivity index (χ0v) is 8.51. The van der Waals surface area contributed by atoms with Gasteiger partial charge < -0.3 is 9.84 Å². The van der Waals surface area contributed by atoms with Crippen LogP contribution in [0.3, 0.4) is 0 Å². The minimum Gasteiger partial charge on any atom is -0.493 e. The van der Waals surface area contributed by atoms with Gasteiger partial charge in [-0.25, -0.2) is 4.39 Å². The smallest absolute Gasteiger partial charge is 0.165 e. The fraction of sp³-hybridized carbons (Fsp3) is 0.455. The lowest BCUT2D eigenvalue weighted by Gasteiger charge is -2.11. The van der Waals surface area contributed by atoms with Crippen molar-refractivity contribution in [3.8, 4) is 5.75 Å². The molecule has 14 heavy (non-hydrogen) atoms. The Morgan fingerprint density at radius 2 is 2.14 bits per heavy atom. The van der Waals surface area contributed by atoms with Gasteiger partial charge in [0, 0.05) is 12.2 Å². The van der Waals surface area contributed by atoms with Crippen LogP contribution in [0.25, 0.3) is 0 Å². The van der Waals surface area contributed by atoms with Crippen LogP contribution < -0.4 is 4.74 Å². The molecule has 0 spiro atoms. The van der Waals surface area contributed by atoms with Gasteiger partial charge in [0.15, 0.2) is 11.6 Å². The summed E-state index contributed by atoms with van der Waals surface area (Å²) in [5.74, 6) is -0.0375. The van der Waals surface area contributed by atoms with E-state index < -0.39 is 0 Å². The summed E-state index contributed by atoms with van der Waals surface area (Å²) >= 11 is 0. The number of hydrogen-bond donors (Lipinski definition) is 1. The summed E-state index contributed by atoms with van der Waals surface area (Å²) in [4.78, 5) is 0. The Balaban J connectivity index is 3.03. The van der Waals surface area contributed by atoms with Gasteiger partial charge in [0.2, 0.25) is 0 Å². The highest BCUT2D eigenvalue weighted by molar-refractivity contribution is 5.40. The normalized spacial score (nSPS) is 10.3. The average molecular weight is 198 g/mol. The monoisotopic (exact) mass is 198 g/mol. The van der Waals surface area contributed by atoms with Crippen molar-refractivity contribution < 1.29 is 14.2 Å². The Morgan fingerprint density at radius 1 is 1.43 bits per heavy atom. The van der Waals surface area contributed by atoms with Gasteiger partial charge >= 0.3 is 0 Å². The molecular formula is C11H15FO2. The van der Waals surface area contributed by atoms with Crippen LogP contribution in [0, 0.1) is 12.7 Å². The Bertz CT molecular complexity index is 310. The van der Waals surface area contributed by atoms with Crippen LogP contribution in [0.15, 0.2) is 12.1 Å². The van der Waals surface area contributed by atoms with Gasteiger partial charge in [-0.3, -0.25) is 0 Å². The quantitative estimate of drug-likeness (QED) is 0.802. The molecule has 78 valence electrons. The van der Waals surface area contributed by atoms with E-state index in [1.165, 1.54) is 13.2 Å². The van der Waals surface area contributed by atoms with Crippen molar-refractivity contribution >= 4 is 0 Å². The lowest BCUT2D eigenvalue weighted by Crippen LogP contribution is -1.99. The molecule has 2 nitrogen and oxygen atoms in total. The van der Waals surface area contributed by atoms with Gasteiger partial charge in [0.05, 0.1) is 7.11 Å². The van der Waals surface area contributed by atoms with Crippen molar-refractivity contribution in [2.45, 2.75) is 19.8 Å².